The lowest BCUT2D eigenvalue weighted by molar-refractivity contribution is -0.149. The van der Waals surface area contributed by atoms with Crippen molar-refractivity contribution in [1.82, 2.24) is 0 Å². The van der Waals surface area contributed by atoms with Crippen LogP contribution in [0.1, 0.15) is 12.8 Å². The Morgan fingerprint density at radius 1 is 0.848 bits per heavy atom. The Morgan fingerprint density at radius 3 is 1.70 bits per heavy atom. The minimum absolute atomic E-state index is 0.0444. The van der Waals surface area contributed by atoms with Gasteiger partial charge in [-0.2, -0.15) is 0 Å². The molecule has 0 aromatic heterocycles. The van der Waals surface area contributed by atoms with E-state index in [9.17, 15) is 14.7 Å². The van der Waals surface area contributed by atoms with Crippen LogP contribution in [0, 0.1) is 0 Å². The summed E-state index contributed by atoms with van der Waals surface area (Å²) in [4.78, 5) is 23.9. The molecule has 1 atom stereocenters. The van der Waals surface area contributed by atoms with Gasteiger partial charge in [0.2, 0.25) is 0 Å². The summed E-state index contributed by atoms with van der Waals surface area (Å²) in [6.07, 6.45) is -1.02. The summed E-state index contributed by atoms with van der Waals surface area (Å²) in [6.45, 7) is 21.8. The number of rotatable bonds is 16. The second-order valence-electron chi connectivity index (χ2n) is 10.9. The van der Waals surface area contributed by atoms with E-state index in [1.54, 1.807) is 0 Å². The number of ether oxygens (including phenoxy) is 2. The lowest BCUT2D eigenvalue weighted by Gasteiger charge is -2.42. The van der Waals surface area contributed by atoms with E-state index >= 15 is 0 Å². The maximum Gasteiger partial charge on any atom is 0.469 e. The van der Waals surface area contributed by atoms with Crippen LogP contribution in [0.3, 0.4) is 0 Å². The van der Waals surface area contributed by atoms with Crippen molar-refractivity contribution in [2.24, 2.45) is 0 Å². The third kappa shape index (κ3) is 16.6. The van der Waals surface area contributed by atoms with E-state index in [0.717, 1.165) is 0 Å². The predicted molar refractivity (Wildman–Crippen MR) is 137 cm³/mol. The summed E-state index contributed by atoms with van der Waals surface area (Å²) < 4.78 is 29.8. The molecule has 9 nitrogen and oxygen atoms in total. The SMILES string of the molecule is C=C(CC(=O)OCC(O)CO)C(=O)OCCC[Si](O[Si](C)(C)C)(O[Si](C)(C)C)O[Si](C)(C)C. The number of aliphatic hydroxyl groups is 2. The number of esters is 2. The fraction of sp³-hybridized carbons (Fsp3) is 0.800. The van der Waals surface area contributed by atoms with Gasteiger partial charge in [0, 0.05) is 11.6 Å². The van der Waals surface area contributed by atoms with Gasteiger partial charge in [0.1, 0.15) is 12.7 Å². The first-order chi connectivity index (χ1) is 14.8. The van der Waals surface area contributed by atoms with E-state index in [4.69, 9.17) is 26.9 Å². The van der Waals surface area contributed by atoms with E-state index in [0.29, 0.717) is 12.5 Å². The maximum absolute atomic E-state index is 12.2. The first kappa shape index (κ1) is 32.3. The molecule has 0 bridgehead atoms. The highest BCUT2D eigenvalue weighted by molar-refractivity contribution is 6.90. The Balaban J connectivity index is 5.01. The van der Waals surface area contributed by atoms with Crippen LogP contribution in [0.15, 0.2) is 12.2 Å². The van der Waals surface area contributed by atoms with E-state index in [-0.39, 0.29) is 25.2 Å². The van der Waals surface area contributed by atoms with Gasteiger partial charge in [-0.15, -0.1) is 0 Å². The molecule has 0 amide bonds. The summed E-state index contributed by atoms with van der Waals surface area (Å²) in [6, 6.07) is 0.534. The lowest BCUT2D eigenvalue weighted by Crippen LogP contribution is -2.60. The van der Waals surface area contributed by atoms with Crippen LogP contribution in [-0.4, -0.2) is 81.8 Å². The standard InChI is InChI=1S/C20H44O9Si4/c1-17(14-19(23)26-16-18(22)15-21)20(24)25-12-11-13-33(27-30(2,3)4,28-31(5,6)7)29-32(8,9)10/h18,21-22H,1,11-16H2,2-10H3. The molecular formula is C20H44O9Si4. The number of aliphatic hydroxyl groups excluding tert-OH is 2. The molecular weight excluding hydrogens is 497 g/mol. The average molecular weight is 541 g/mol. The second-order valence-corrected chi connectivity index (χ2v) is 27.9. The summed E-state index contributed by atoms with van der Waals surface area (Å²) in [5.74, 6) is -1.42. The average Bonchev–Trinajstić information content (AvgIpc) is 2.58. The Morgan fingerprint density at radius 2 is 1.30 bits per heavy atom. The Hall–Kier alpha value is -0.652. The van der Waals surface area contributed by atoms with Crippen LogP contribution < -0.4 is 0 Å². The Labute approximate surface area is 203 Å². The molecule has 0 rings (SSSR count). The van der Waals surface area contributed by atoms with E-state index in [1.165, 1.54) is 0 Å². The Kier molecular flexibility index (Phi) is 13.2. The highest BCUT2D eigenvalue weighted by Crippen LogP contribution is 2.30. The fourth-order valence-corrected chi connectivity index (χ4v) is 17.3. The molecule has 0 saturated carbocycles. The molecule has 194 valence electrons. The van der Waals surface area contributed by atoms with Crippen molar-refractivity contribution in [3.8, 4) is 0 Å². The minimum Gasteiger partial charge on any atom is -0.463 e. The minimum atomic E-state index is -3.00. The second kappa shape index (κ2) is 13.4. The summed E-state index contributed by atoms with van der Waals surface area (Å²) in [5.41, 5.74) is -0.0444. The van der Waals surface area contributed by atoms with Gasteiger partial charge in [-0.3, -0.25) is 4.79 Å². The van der Waals surface area contributed by atoms with Gasteiger partial charge in [-0.25, -0.2) is 4.79 Å². The predicted octanol–water partition coefficient (Wildman–Crippen LogP) is 3.26. The monoisotopic (exact) mass is 540 g/mol. The first-order valence-electron chi connectivity index (χ1n) is 11.2. The van der Waals surface area contributed by atoms with Crippen LogP contribution in [0.25, 0.3) is 0 Å². The molecule has 0 aliphatic rings. The lowest BCUT2D eigenvalue weighted by atomic mass is 10.2. The fourth-order valence-electron chi connectivity index (χ4n) is 2.71. The van der Waals surface area contributed by atoms with Crippen molar-refractivity contribution < 1.29 is 41.6 Å². The maximum atomic E-state index is 12.2. The zero-order valence-electron chi connectivity index (χ0n) is 21.8. The van der Waals surface area contributed by atoms with Gasteiger partial charge < -0.3 is 32.0 Å². The van der Waals surface area contributed by atoms with Crippen LogP contribution in [0.5, 0.6) is 0 Å². The van der Waals surface area contributed by atoms with Crippen molar-refractivity contribution in [3.05, 3.63) is 12.2 Å². The van der Waals surface area contributed by atoms with Crippen LogP contribution >= 0.6 is 0 Å². The molecule has 0 radical (unpaired) electrons. The molecule has 0 aromatic carbocycles. The van der Waals surface area contributed by atoms with E-state index in [2.05, 4.69) is 65.5 Å². The highest BCUT2D eigenvalue weighted by Gasteiger charge is 2.49. The van der Waals surface area contributed by atoms with Gasteiger partial charge >= 0.3 is 20.7 Å². The van der Waals surface area contributed by atoms with Crippen LogP contribution in [0.2, 0.25) is 65.0 Å². The molecule has 33 heavy (non-hydrogen) atoms. The van der Waals surface area contributed by atoms with Crippen LogP contribution in [-0.2, 0) is 31.4 Å². The summed E-state index contributed by atoms with van der Waals surface area (Å²) in [5, 5.41) is 17.9. The molecule has 0 aliphatic heterocycles. The molecule has 0 spiro atoms. The Bertz CT molecular complexity index is 611. The first-order valence-corrected chi connectivity index (χ1v) is 23.3. The van der Waals surface area contributed by atoms with Crippen molar-refractivity contribution in [2.45, 2.75) is 83.9 Å². The number of hydrogen-bond acceptors (Lipinski definition) is 9. The van der Waals surface area contributed by atoms with Crippen LogP contribution in [0.4, 0.5) is 0 Å². The van der Waals surface area contributed by atoms with Crippen molar-refractivity contribution >= 4 is 45.7 Å². The van der Waals surface area contributed by atoms with Crippen molar-refractivity contribution in [2.75, 3.05) is 19.8 Å². The third-order valence-electron chi connectivity index (χ3n) is 3.54. The molecule has 0 aromatic rings. The zero-order valence-corrected chi connectivity index (χ0v) is 25.8. The topological polar surface area (TPSA) is 121 Å². The zero-order chi connectivity index (χ0) is 26.1. The van der Waals surface area contributed by atoms with Gasteiger partial charge in [0.05, 0.1) is 19.6 Å². The summed E-state index contributed by atoms with van der Waals surface area (Å²) in [7, 11) is -8.94. The molecule has 0 heterocycles. The van der Waals surface area contributed by atoms with Gasteiger partial charge in [-0.1, -0.05) is 6.58 Å². The smallest absolute Gasteiger partial charge is 0.463 e. The quantitative estimate of drug-likeness (QED) is 0.131. The molecule has 0 saturated heterocycles. The molecule has 0 aliphatic carbocycles. The number of carbonyl (C=O) groups excluding carboxylic acids is 2. The van der Waals surface area contributed by atoms with E-state index in [1.807, 2.05) is 0 Å². The highest BCUT2D eigenvalue weighted by atomic mass is 28.5. The third-order valence-corrected chi connectivity index (χ3v) is 15.6. The molecule has 13 heteroatoms. The molecule has 1 unspecified atom stereocenters. The number of carbonyl (C=O) groups is 2. The van der Waals surface area contributed by atoms with Gasteiger partial charge in [-0.05, 0) is 65.3 Å². The normalized spacial score (nSPS) is 14.0. The van der Waals surface area contributed by atoms with Crippen molar-refractivity contribution in [3.63, 3.8) is 0 Å². The summed E-state index contributed by atoms with van der Waals surface area (Å²) >= 11 is 0. The van der Waals surface area contributed by atoms with Gasteiger partial charge in [0.25, 0.3) is 0 Å². The number of hydrogen-bond donors (Lipinski definition) is 2. The van der Waals surface area contributed by atoms with Crippen molar-refractivity contribution in [1.29, 1.82) is 0 Å². The largest absolute Gasteiger partial charge is 0.469 e. The van der Waals surface area contributed by atoms with E-state index < -0.39 is 58.4 Å². The van der Waals surface area contributed by atoms with Gasteiger partial charge in [0.15, 0.2) is 25.0 Å². The molecule has 2 N–H and O–H groups in total. The molecule has 0 fully saturated rings.